The largest absolute Gasteiger partial charge is 0.487 e. The number of β-amino-alcohol motifs (C(OH)–C–C–N with tert-alkyl or cyclic N) is 1. The molecule has 0 amide bonds. The van der Waals surface area contributed by atoms with E-state index in [1.807, 2.05) is 30.5 Å². The lowest BCUT2D eigenvalue weighted by Gasteiger charge is -2.36. The molecule has 1 aliphatic rings. The Morgan fingerprint density at radius 1 is 1.29 bits per heavy atom. The first kappa shape index (κ1) is 15.6. The Kier molecular flexibility index (Phi) is 4.47. The number of nitrogens with zero attached hydrogens (tertiary/aromatic N) is 2. The number of aliphatic hydroxyl groups excluding tert-OH is 1. The summed E-state index contributed by atoms with van der Waals surface area (Å²) in [7, 11) is 0. The average Bonchev–Trinajstić information content (AvgIpc) is 3.10. The van der Waals surface area contributed by atoms with E-state index in [-0.39, 0.29) is 6.10 Å². The van der Waals surface area contributed by atoms with Crippen LogP contribution >= 0.6 is 11.3 Å². The van der Waals surface area contributed by atoms with Gasteiger partial charge in [-0.05, 0) is 40.9 Å². The highest BCUT2D eigenvalue weighted by atomic mass is 32.1. The fourth-order valence-corrected chi connectivity index (χ4v) is 3.92. The molecule has 0 radical (unpaired) electrons. The predicted molar refractivity (Wildman–Crippen MR) is 96.4 cm³/mol. The molecule has 1 aliphatic heterocycles. The maximum Gasteiger partial charge on any atom is 0.127 e. The fraction of sp³-hybridized carbons (Fsp3) is 0.316. The maximum absolute atomic E-state index is 10.5. The molecule has 24 heavy (non-hydrogen) atoms. The molecule has 2 atom stereocenters. The Balaban J connectivity index is 1.44. The number of hydrogen-bond acceptors (Lipinski definition) is 5. The van der Waals surface area contributed by atoms with Crippen LogP contribution in [0.2, 0.25) is 0 Å². The van der Waals surface area contributed by atoms with Crippen LogP contribution in [0.5, 0.6) is 5.75 Å². The molecule has 0 bridgehead atoms. The maximum atomic E-state index is 10.5. The molecule has 0 aliphatic carbocycles. The van der Waals surface area contributed by atoms with Gasteiger partial charge in [0.25, 0.3) is 0 Å². The molecule has 2 aromatic heterocycles. The first-order valence-electron chi connectivity index (χ1n) is 8.20. The molecule has 1 saturated heterocycles. The van der Waals surface area contributed by atoms with Crippen molar-refractivity contribution < 1.29 is 9.84 Å². The van der Waals surface area contributed by atoms with Crippen molar-refractivity contribution in [3.63, 3.8) is 0 Å². The molecular weight excluding hydrogens is 320 g/mol. The summed E-state index contributed by atoms with van der Waals surface area (Å²) in [5.74, 6) is 0.824. The molecule has 0 spiro atoms. The van der Waals surface area contributed by atoms with Crippen molar-refractivity contribution in [2.75, 3.05) is 13.1 Å². The van der Waals surface area contributed by atoms with Gasteiger partial charge in [-0.1, -0.05) is 12.1 Å². The first-order chi connectivity index (χ1) is 11.8. The Hall–Kier alpha value is -1.95. The number of pyridine rings is 1. The van der Waals surface area contributed by atoms with Crippen LogP contribution in [-0.4, -0.2) is 40.3 Å². The summed E-state index contributed by atoms with van der Waals surface area (Å²) in [6.07, 6.45) is 3.79. The third-order valence-electron chi connectivity index (χ3n) is 4.51. The van der Waals surface area contributed by atoms with Crippen LogP contribution in [0.15, 0.2) is 53.5 Å². The smallest absolute Gasteiger partial charge is 0.127 e. The Morgan fingerprint density at radius 2 is 2.25 bits per heavy atom. The number of rotatable bonds is 4. The Labute approximate surface area is 145 Å². The summed E-state index contributed by atoms with van der Waals surface area (Å²) in [6.45, 7) is 2.48. The van der Waals surface area contributed by atoms with Crippen LogP contribution in [-0.2, 0) is 6.54 Å². The van der Waals surface area contributed by atoms with E-state index in [1.165, 1.54) is 5.56 Å². The monoisotopic (exact) mass is 340 g/mol. The van der Waals surface area contributed by atoms with Gasteiger partial charge in [0.15, 0.2) is 0 Å². The average molecular weight is 340 g/mol. The molecule has 1 aromatic carbocycles. The lowest BCUT2D eigenvalue weighted by Crippen LogP contribution is -2.48. The van der Waals surface area contributed by atoms with Crippen molar-refractivity contribution in [3.05, 3.63) is 59.0 Å². The van der Waals surface area contributed by atoms with Gasteiger partial charge in [-0.3, -0.25) is 9.88 Å². The molecule has 3 aromatic rings. The van der Waals surface area contributed by atoms with Crippen LogP contribution in [0.1, 0.15) is 12.0 Å². The second-order valence-electron chi connectivity index (χ2n) is 6.23. The quantitative estimate of drug-likeness (QED) is 0.791. The highest BCUT2D eigenvalue weighted by molar-refractivity contribution is 7.07. The summed E-state index contributed by atoms with van der Waals surface area (Å²) in [5, 5.41) is 16.9. The lowest BCUT2D eigenvalue weighted by atomic mass is 10.0. The SMILES string of the molecule is O[C@@H]1CN(Cc2ccsc2)CC[C@H]1Oc1cccc2cnccc12. The van der Waals surface area contributed by atoms with E-state index < -0.39 is 6.10 Å². The predicted octanol–water partition coefficient (Wildman–Crippen LogP) is 3.31. The molecule has 3 heterocycles. The van der Waals surface area contributed by atoms with Crippen molar-refractivity contribution in [2.45, 2.75) is 25.2 Å². The van der Waals surface area contributed by atoms with Gasteiger partial charge < -0.3 is 9.84 Å². The normalized spacial score (nSPS) is 21.9. The zero-order chi connectivity index (χ0) is 16.4. The minimum atomic E-state index is -0.477. The molecule has 0 unspecified atom stereocenters. The third-order valence-corrected chi connectivity index (χ3v) is 5.24. The van der Waals surface area contributed by atoms with E-state index in [0.29, 0.717) is 6.54 Å². The van der Waals surface area contributed by atoms with Crippen molar-refractivity contribution in [1.29, 1.82) is 0 Å². The van der Waals surface area contributed by atoms with Crippen molar-refractivity contribution in [3.8, 4) is 5.75 Å². The molecular formula is C19H20N2O2S. The second-order valence-corrected chi connectivity index (χ2v) is 7.01. The number of aliphatic hydroxyl groups is 1. The zero-order valence-corrected chi connectivity index (χ0v) is 14.2. The number of piperidine rings is 1. The van der Waals surface area contributed by atoms with Gasteiger partial charge >= 0.3 is 0 Å². The van der Waals surface area contributed by atoms with Crippen molar-refractivity contribution in [2.24, 2.45) is 0 Å². The summed E-state index contributed by atoms with van der Waals surface area (Å²) >= 11 is 1.71. The highest BCUT2D eigenvalue weighted by Gasteiger charge is 2.29. The summed E-state index contributed by atoms with van der Waals surface area (Å²) in [5.41, 5.74) is 1.31. The first-order valence-corrected chi connectivity index (χ1v) is 9.15. The molecule has 1 fully saturated rings. The van der Waals surface area contributed by atoms with Gasteiger partial charge in [0.2, 0.25) is 0 Å². The van der Waals surface area contributed by atoms with Crippen LogP contribution in [0.25, 0.3) is 10.8 Å². The summed E-state index contributed by atoms with van der Waals surface area (Å²) in [6, 6.07) is 10.1. The molecule has 124 valence electrons. The number of thiophene rings is 1. The van der Waals surface area contributed by atoms with Gasteiger partial charge in [0.05, 0.1) is 0 Å². The van der Waals surface area contributed by atoms with E-state index in [9.17, 15) is 5.11 Å². The van der Waals surface area contributed by atoms with E-state index in [4.69, 9.17) is 4.74 Å². The van der Waals surface area contributed by atoms with Gasteiger partial charge in [-0.2, -0.15) is 11.3 Å². The number of fused-ring (bicyclic) bond motifs is 1. The fourth-order valence-electron chi connectivity index (χ4n) is 3.26. The molecule has 0 saturated carbocycles. The Bertz CT molecular complexity index is 801. The molecule has 5 heteroatoms. The van der Waals surface area contributed by atoms with Crippen molar-refractivity contribution >= 4 is 22.1 Å². The van der Waals surface area contributed by atoms with E-state index in [0.717, 1.165) is 36.0 Å². The topological polar surface area (TPSA) is 45.6 Å². The molecule has 4 rings (SSSR count). The van der Waals surface area contributed by atoms with Gasteiger partial charge in [-0.15, -0.1) is 0 Å². The van der Waals surface area contributed by atoms with E-state index in [2.05, 4.69) is 26.7 Å². The van der Waals surface area contributed by atoms with Gasteiger partial charge in [0, 0.05) is 42.8 Å². The summed E-state index contributed by atoms with van der Waals surface area (Å²) in [4.78, 5) is 6.44. The minimum absolute atomic E-state index is 0.164. The minimum Gasteiger partial charge on any atom is -0.487 e. The van der Waals surface area contributed by atoms with Crippen LogP contribution in [0, 0.1) is 0 Å². The highest BCUT2D eigenvalue weighted by Crippen LogP contribution is 2.28. The van der Waals surface area contributed by atoms with Crippen LogP contribution in [0.3, 0.4) is 0 Å². The standard InChI is InChI=1S/C19H20N2O2S/c22-17-12-21(11-14-6-9-24-13-14)8-5-19(17)23-18-3-1-2-15-10-20-7-4-16(15)18/h1-4,6-7,9-10,13,17,19,22H,5,8,11-12H2/t17-,19-/m1/s1. The number of aromatic nitrogens is 1. The molecule has 1 N–H and O–H groups in total. The second kappa shape index (κ2) is 6.89. The number of hydrogen-bond donors (Lipinski definition) is 1. The lowest BCUT2D eigenvalue weighted by molar-refractivity contribution is -0.0268. The third kappa shape index (κ3) is 3.29. The number of likely N-dealkylation sites (tertiary alicyclic amines) is 1. The van der Waals surface area contributed by atoms with Gasteiger partial charge in [0.1, 0.15) is 18.0 Å². The van der Waals surface area contributed by atoms with Crippen LogP contribution < -0.4 is 4.74 Å². The Morgan fingerprint density at radius 3 is 3.08 bits per heavy atom. The summed E-state index contributed by atoms with van der Waals surface area (Å²) < 4.78 is 6.16. The number of ether oxygens (including phenoxy) is 1. The number of benzene rings is 1. The molecule has 4 nitrogen and oxygen atoms in total. The van der Waals surface area contributed by atoms with E-state index >= 15 is 0 Å². The zero-order valence-electron chi connectivity index (χ0n) is 13.3. The van der Waals surface area contributed by atoms with E-state index in [1.54, 1.807) is 17.5 Å². The van der Waals surface area contributed by atoms with Gasteiger partial charge in [-0.25, -0.2) is 0 Å². The van der Waals surface area contributed by atoms with Crippen molar-refractivity contribution in [1.82, 2.24) is 9.88 Å². The van der Waals surface area contributed by atoms with Crippen LogP contribution in [0.4, 0.5) is 0 Å².